The molecule has 0 aliphatic heterocycles. The van der Waals surface area contributed by atoms with Gasteiger partial charge in [-0.1, -0.05) is 36.4 Å². The molecule has 0 fully saturated rings. The van der Waals surface area contributed by atoms with E-state index in [1.165, 1.54) is 6.07 Å². The van der Waals surface area contributed by atoms with Crippen molar-refractivity contribution in [2.45, 2.75) is 26.2 Å². The fourth-order valence-corrected chi connectivity index (χ4v) is 2.29. The normalized spacial score (nSPS) is 11.4. The smallest absolute Gasteiger partial charge is 0.272 e. The van der Waals surface area contributed by atoms with E-state index in [4.69, 9.17) is 0 Å². The molecule has 128 valence electrons. The summed E-state index contributed by atoms with van der Waals surface area (Å²) >= 11 is 0. The third-order valence-corrected chi connectivity index (χ3v) is 3.51. The maximum absolute atomic E-state index is 14.2. The molecule has 0 aromatic heterocycles. The van der Waals surface area contributed by atoms with Gasteiger partial charge in [0.25, 0.3) is 6.43 Å². The molecule has 0 saturated heterocycles. The first kappa shape index (κ1) is 18.0. The lowest BCUT2D eigenvalue weighted by atomic mass is 10.0. The van der Waals surface area contributed by atoms with Crippen LogP contribution in [0.25, 0.3) is 11.1 Å². The Bertz CT molecular complexity index is 693. The van der Waals surface area contributed by atoms with E-state index in [1.54, 1.807) is 12.1 Å². The highest BCUT2D eigenvalue weighted by molar-refractivity contribution is 5.65. The van der Waals surface area contributed by atoms with Crippen molar-refractivity contribution in [2.24, 2.45) is 0 Å². The molecule has 1 nitrogen and oxygen atoms in total. The Morgan fingerprint density at radius 2 is 1.71 bits per heavy atom. The molecule has 2 aromatic rings. The summed E-state index contributed by atoms with van der Waals surface area (Å²) < 4.78 is 56.9. The Balaban J connectivity index is 2.18. The summed E-state index contributed by atoms with van der Waals surface area (Å²) in [5.41, 5.74) is 1.67. The van der Waals surface area contributed by atoms with Crippen LogP contribution in [0.3, 0.4) is 0 Å². The fraction of sp³-hybridized carbons (Fsp3) is 0.263. The number of allylic oxidation sites excluding steroid dienone is 2. The van der Waals surface area contributed by atoms with E-state index in [0.29, 0.717) is 5.56 Å². The second-order valence-corrected chi connectivity index (χ2v) is 5.25. The van der Waals surface area contributed by atoms with Gasteiger partial charge in [0.1, 0.15) is 6.61 Å². The number of hydrogen-bond acceptors (Lipinski definition) is 1. The maximum atomic E-state index is 14.2. The van der Waals surface area contributed by atoms with Crippen LogP contribution in [0.1, 0.15) is 18.9 Å². The summed E-state index contributed by atoms with van der Waals surface area (Å²) in [5, 5.41) is 0. The number of halogens is 4. The molecule has 0 unspecified atom stereocenters. The molecule has 0 amide bonds. The first-order valence-corrected chi connectivity index (χ1v) is 7.62. The standard InChI is InChI=1S/C19H18F4O/c1-2-3-4-5-13-6-8-14(9-7-13)15-10-11-16(19(23)18(15)22)24-12-17(20)21/h2-3,6-11,17H,4-5,12H2,1H3/b3-2+. The number of alkyl halides is 2. The Morgan fingerprint density at radius 3 is 2.33 bits per heavy atom. The van der Waals surface area contributed by atoms with E-state index in [-0.39, 0.29) is 5.56 Å². The Morgan fingerprint density at radius 1 is 1.00 bits per heavy atom. The minimum Gasteiger partial charge on any atom is -0.484 e. The van der Waals surface area contributed by atoms with E-state index in [0.717, 1.165) is 24.5 Å². The van der Waals surface area contributed by atoms with Crippen LogP contribution in [-0.4, -0.2) is 13.0 Å². The molecule has 0 atom stereocenters. The van der Waals surface area contributed by atoms with E-state index < -0.39 is 30.4 Å². The Labute approximate surface area is 138 Å². The number of aryl methyl sites for hydroxylation is 1. The summed E-state index contributed by atoms with van der Waals surface area (Å²) in [6.45, 7) is 0.978. The van der Waals surface area contributed by atoms with Gasteiger partial charge in [0.2, 0.25) is 5.82 Å². The van der Waals surface area contributed by atoms with Gasteiger partial charge in [-0.25, -0.2) is 13.2 Å². The van der Waals surface area contributed by atoms with Crippen LogP contribution in [-0.2, 0) is 6.42 Å². The largest absolute Gasteiger partial charge is 0.484 e. The third-order valence-electron chi connectivity index (χ3n) is 3.51. The van der Waals surface area contributed by atoms with Crippen molar-refractivity contribution < 1.29 is 22.3 Å². The monoisotopic (exact) mass is 338 g/mol. The summed E-state index contributed by atoms with van der Waals surface area (Å²) in [6, 6.07) is 9.63. The topological polar surface area (TPSA) is 9.23 Å². The van der Waals surface area contributed by atoms with E-state index in [1.807, 2.05) is 25.1 Å². The fourth-order valence-electron chi connectivity index (χ4n) is 2.29. The predicted octanol–water partition coefficient (Wildman–Crippen LogP) is 5.78. The molecular formula is C19H18F4O. The SMILES string of the molecule is C/C=C/CCc1ccc(-c2ccc(OCC(F)F)c(F)c2F)cc1. The summed E-state index contributed by atoms with van der Waals surface area (Å²) in [5.74, 6) is -2.88. The number of hydrogen-bond donors (Lipinski definition) is 0. The van der Waals surface area contributed by atoms with Crippen LogP contribution < -0.4 is 4.74 Å². The van der Waals surface area contributed by atoms with Crippen molar-refractivity contribution in [3.8, 4) is 16.9 Å². The van der Waals surface area contributed by atoms with Gasteiger partial charge in [-0.15, -0.1) is 0 Å². The van der Waals surface area contributed by atoms with E-state index in [2.05, 4.69) is 10.8 Å². The first-order chi connectivity index (χ1) is 11.5. The average molecular weight is 338 g/mol. The van der Waals surface area contributed by atoms with Gasteiger partial charge < -0.3 is 4.74 Å². The maximum Gasteiger partial charge on any atom is 0.272 e. The zero-order valence-corrected chi connectivity index (χ0v) is 13.2. The molecule has 0 heterocycles. The number of ether oxygens (including phenoxy) is 1. The number of rotatable bonds is 7. The van der Waals surface area contributed by atoms with Crippen molar-refractivity contribution in [1.82, 2.24) is 0 Å². The van der Waals surface area contributed by atoms with E-state index >= 15 is 0 Å². The van der Waals surface area contributed by atoms with Crippen LogP contribution >= 0.6 is 0 Å². The van der Waals surface area contributed by atoms with Gasteiger partial charge in [0, 0.05) is 5.56 Å². The molecule has 0 bridgehead atoms. The van der Waals surface area contributed by atoms with Gasteiger partial charge in [-0.05, 0) is 43.0 Å². The molecular weight excluding hydrogens is 320 g/mol. The van der Waals surface area contributed by atoms with Gasteiger partial charge in [-0.2, -0.15) is 4.39 Å². The lowest BCUT2D eigenvalue weighted by Gasteiger charge is -2.10. The molecule has 0 radical (unpaired) electrons. The van der Waals surface area contributed by atoms with E-state index in [9.17, 15) is 17.6 Å². The molecule has 24 heavy (non-hydrogen) atoms. The lowest BCUT2D eigenvalue weighted by Crippen LogP contribution is -2.08. The minimum absolute atomic E-state index is 0.0666. The van der Waals surface area contributed by atoms with Crippen molar-refractivity contribution in [3.63, 3.8) is 0 Å². The molecule has 2 rings (SSSR count). The van der Waals surface area contributed by atoms with Crippen LogP contribution in [0.4, 0.5) is 17.6 Å². The van der Waals surface area contributed by atoms with Crippen LogP contribution in [0, 0.1) is 11.6 Å². The minimum atomic E-state index is -2.75. The molecule has 0 saturated carbocycles. The van der Waals surface area contributed by atoms with Crippen molar-refractivity contribution in [1.29, 1.82) is 0 Å². The summed E-state index contributed by atoms with van der Waals surface area (Å²) in [4.78, 5) is 0. The molecule has 0 aliphatic rings. The second-order valence-electron chi connectivity index (χ2n) is 5.25. The predicted molar refractivity (Wildman–Crippen MR) is 86.4 cm³/mol. The molecule has 2 aromatic carbocycles. The van der Waals surface area contributed by atoms with Gasteiger partial charge >= 0.3 is 0 Å². The average Bonchev–Trinajstić information content (AvgIpc) is 2.57. The summed E-state index contributed by atoms with van der Waals surface area (Å²) in [6.07, 6.45) is 3.06. The quantitative estimate of drug-likeness (QED) is 0.459. The number of benzene rings is 2. The molecule has 5 heteroatoms. The van der Waals surface area contributed by atoms with Crippen molar-refractivity contribution in [3.05, 3.63) is 65.7 Å². The first-order valence-electron chi connectivity index (χ1n) is 7.62. The zero-order valence-electron chi connectivity index (χ0n) is 13.2. The van der Waals surface area contributed by atoms with Gasteiger partial charge in [-0.3, -0.25) is 0 Å². The molecule has 0 aliphatic carbocycles. The van der Waals surface area contributed by atoms with Gasteiger partial charge in [0.15, 0.2) is 11.6 Å². The second kappa shape index (κ2) is 8.52. The van der Waals surface area contributed by atoms with Crippen molar-refractivity contribution in [2.75, 3.05) is 6.61 Å². The Hall–Kier alpha value is -2.30. The van der Waals surface area contributed by atoms with Crippen LogP contribution in [0.15, 0.2) is 48.6 Å². The highest BCUT2D eigenvalue weighted by Crippen LogP contribution is 2.30. The zero-order chi connectivity index (χ0) is 17.5. The Kier molecular flexibility index (Phi) is 6.41. The molecule has 0 N–H and O–H groups in total. The third kappa shape index (κ3) is 4.60. The lowest BCUT2D eigenvalue weighted by molar-refractivity contribution is 0.0795. The van der Waals surface area contributed by atoms with Crippen LogP contribution in [0.2, 0.25) is 0 Å². The highest BCUT2D eigenvalue weighted by Gasteiger charge is 2.17. The highest BCUT2D eigenvalue weighted by atomic mass is 19.3. The summed E-state index contributed by atoms with van der Waals surface area (Å²) in [7, 11) is 0. The van der Waals surface area contributed by atoms with Crippen LogP contribution in [0.5, 0.6) is 5.75 Å². The van der Waals surface area contributed by atoms with Crippen molar-refractivity contribution >= 4 is 0 Å². The van der Waals surface area contributed by atoms with Gasteiger partial charge in [0.05, 0.1) is 0 Å². The molecule has 0 spiro atoms.